The molecule has 0 bridgehead atoms. The summed E-state index contributed by atoms with van der Waals surface area (Å²) in [4.78, 5) is 13.1. The second-order valence-electron chi connectivity index (χ2n) is 15.3. The van der Waals surface area contributed by atoms with Crippen molar-refractivity contribution in [3.63, 3.8) is 0 Å². The summed E-state index contributed by atoms with van der Waals surface area (Å²) in [5.74, 6) is 0.708. The zero-order valence-corrected chi connectivity index (χ0v) is 32.2. The fraction of sp³-hybridized carbons (Fsp3) is 0.0182. The normalized spacial score (nSPS) is 13.2. The van der Waals surface area contributed by atoms with Gasteiger partial charge in [0.25, 0.3) is 0 Å². The Labute approximate surface area is 341 Å². The predicted octanol–water partition coefficient (Wildman–Crippen LogP) is 14.3. The number of hydrogen-bond donors (Lipinski definition) is 0. The van der Waals surface area contributed by atoms with E-state index < -0.39 is 5.41 Å². The first-order chi connectivity index (χ1) is 28.7. The second-order valence-corrected chi connectivity index (χ2v) is 16.3. The van der Waals surface area contributed by atoms with E-state index in [0.717, 1.165) is 28.1 Å². The van der Waals surface area contributed by atoms with E-state index >= 15 is 0 Å². The highest BCUT2D eigenvalue weighted by atomic mass is 32.2. The van der Waals surface area contributed by atoms with Crippen LogP contribution in [0.25, 0.3) is 77.7 Å². The number of rotatable bonds is 4. The second kappa shape index (κ2) is 13.0. The molecule has 0 fully saturated rings. The van der Waals surface area contributed by atoms with E-state index in [1.54, 1.807) is 0 Å². The zero-order valence-electron chi connectivity index (χ0n) is 31.4. The van der Waals surface area contributed by atoms with E-state index in [0.29, 0.717) is 5.82 Å². The van der Waals surface area contributed by atoms with Gasteiger partial charge in [-0.15, -0.1) is 0 Å². The third-order valence-corrected chi connectivity index (χ3v) is 13.4. The molecule has 58 heavy (non-hydrogen) atoms. The summed E-state index contributed by atoms with van der Waals surface area (Å²) in [6, 6.07) is 74.9. The van der Waals surface area contributed by atoms with Gasteiger partial charge in [-0.3, -0.25) is 0 Å². The lowest BCUT2D eigenvalue weighted by Gasteiger charge is -2.40. The maximum atomic E-state index is 5.31. The summed E-state index contributed by atoms with van der Waals surface area (Å²) in [5.41, 5.74) is 14.6. The van der Waals surface area contributed by atoms with Gasteiger partial charge in [-0.05, 0) is 78.2 Å². The maximum Gasteiger partial charge on any atom is 0.160 e. The Hall–Kier alpha value is -7.07. The van der Waals surface area contributed by atoms with Crippen LogP contribution in [0.2, 0.25) is 0 Å². The number of fused-ring (bicyclic) bond motifs is 13. The minimum atomic E-state index is -0.499. The van der Waals surface area contributed by atoms with E-state index in [1.165, 1.54) is 75.8 Å². The third kappa shape index (κ3) is 4.93. The summed E-state index contributed by atoms with van der Waals surface area (Å²) in [6.07, 6.45) is 0. The van der Waals surface area contributed by atoms with Crippen LogP contribution in [-0.4, -0.2) is 9.97 Å². The Morgan fingerprint density at radius 1 is 0.328 bits per heavy atom. The molecule has 0 amide bonds. The molecule has 1 aliphatic carbocycles. The molecule has 9 aromatic carbocycles. The van der Waals surface area contributed by atoms with Crippen LogP contribution in [0.15, 0.2) is 216 Å². The fourth-order valence-corrected chi connectivity index (χ4v) is 10.9. The molecule has 1 aliphatic heterocycles. The van der Waals surface area contributed by atoms with Crippen molar-refractivity contribution in [2.45, 2.75) is 15.2 Å². The number of benzene rings is 9. The minimum Gasteiger partial charge on any atom is -0.228 e. The minimum absolute atomic E-state index is 0.499. The standard InChI is InChI=1S/C55H34N2S/c1-3-13-35(14-4-1)36-23-25-40(26-24-36)54-56-50(39-17-5-2-6-18-39)34-51(57-54)41-29-30-47-45(33-41)44-21-11-12-22-46(44)55(47)48-31-27-37-15-7-9-19-42(37)52(48)58-53-43-20-10-8-16-38(43)28-32-49(53)55/h1-34H. The van der Waals surface area contributed by atoms with Crippen LogP contribution in [0, 0.1) is 0 Å². The Bertz CT molecular complexity index is 3160. The monoisotopic (exact) mass is 754 g/mol. The molecular weight excluding hydrogens is 721 g/mol. The average Bonchev–Trinajstić information content (AvgIpc) is 3.59. The lowest BCUT2D eigenvalue weighted by atomic mass is 9.66. The molecule has 1 aromatic heterocycles. The van der Waals surface area contributed by atoms with Crippen molar-refractivity contribution in [3.05, 3.63) is 229 Å². The first-order valence-corrected chi connectivity index (χ1v) is 20.6. The van der Waals surface area contributed by atoms with Crippen molar-refractivity contribution in [2.24, 2.45) is 0 Å². The Balaban J connectivity index is 1.09. The van der Waals surface area contributed by atoms with Gasteiger partial charge in [-0.25, -0.2) is 9.97 Å². The highest BCUT2D eigenvalue weighted by Gasteiger charge is 2.51. The largest absolute Gasteiger partial charge is 0.228 e. The molecule has 0 saturated heterocycles. The highest BCUT2D eigenvalue weighted by molar-refractivity contribution is 8.00. The molecule has 2 aliphatic rings. The quantitative estimate of drug-likeness (QED) is 0.179. The van der Waals surface area contributed by atoms with Crippen LogP contribution in [0.1, 0.15) is 22.3 Å². The van der Waals surface area contributed by atoms with Gasteiger partial charge in [-0.2, -0.15) is 0 Å². The van der Waals surface area contributed by atoms with Gasteiger partial charge in [-0.1, -0.05) is 206 Å². The molecule has 10 aromatic rings. The lowest BCUT2D eigenvalue weighted by molar-refractivity contribution is 0.729. The molecule has 270 valence electrons. The van der Waals surface area contributed by atoms with E-state index in [4.69, 9.17) is 9.97 Å². The van der Waals surface area contributed by atoms with Crippen LogP contribution in [0.4, 0.5) is 0 Å². The summed E-state index contributed by atoms with van der Waals surface area (Å²) in [7, 11) is 0. The van der Waals surface area contributed by atoms with Crippen molar-refractivity contribution in [3.8, 4) is 56.2 Å². The third-order valence-electron chi connectivity index (χ3n) is 12.2. The van der Waals surface area contributed by atoms with Crippen molar-refractivity contribution in [1.29, 1.82) is 0 Å². The van der Waals surface area contributed by atoms with Gasteiger partial charge in [0.1, 0.15) is 0 Å². The van der Waals surface area contributed by atoms with Gasteiger partial charge < -0.3 is 0 Å². The lowest BCUT2D eigenvalue weighted by Crippen LogP contribution is -2.32. The van der Waals surface area contributed by atoms with Crippen LogP contribution in [0.5, 0.6) is 0 Å². The first kappa shape index (κ1) is 33.1. The van der Waals surface area contributed by atoms with Crippen molar-refractivity contribution in [2.75, 3.05) is 0 Å². The molecule has 0 unspecified atom stereocenters. The van der Waals surface area contributed by atoms with Gasteiger partial charge in [0, 0.05) is 26.5 Å². The topological polar surface area (TPSA) is 25.8 Å². The van der Waals surface area contributed by atoms with Gasteiger partial charge in [0.15, 0.2) is 5.82 Å². The van der Waals surface area contributed by atoms with E-state index in [9.17, 15) is 0 Å². The number of aromatic nitrogens is 2. The fourth-order valence-electron chi connectivity index (χ4n) is 9.49. The van der Waals surface area contributed by atoms with E-state index in [2.05, 4.69) is 200 Å². The molecule has 1 spiro atoms. The summed E-state index contributed by atoms with van der Waals surface area (Å²) >= 11 is 1.93. The van der Waals surface area contributed by atoms with Crippen molar-refractivity contribution in [1.82, 2.24) is 9.97 Å². The average molecular weight is 755 g/mol. The molecule has 12 rings (SSSR count). The Kier molecular flexibility index (Phi) is 7.41. The zero-order chi connectivity index (χ0) is 38.2. The van der Waals surface area contributed by atoms with Gasteiger partial charge in [0.2, 0.25) is 0 Å². The number of hydrogen-bond acceptors (Lipinski definition) is 3. The Morgan fingerprint density at radius 2 is 0.810 bits per heavy atom. The molecular formula is C55H34N2S. The highest BCUT2D eigenvalue weighted by Crippen LogP contribution is 2.64. The summed E-state index contributed by atoms with van der Waals surface area (Å²) in [5, 5.41) is 5.12. The summed E-state index contributed by atoms with van der Waals surface area (Å²) < 4.78 is 0. The van der Waals surface area contributed by atoms with Gasteiger partial charge in [0.05, 0.1) is 16.8 Å². The van der Waals surface area contributed by atoms with E-state index in [1.807, 2.05) is 17.8 Å². The van der Waals surface area contributed by atoms with Crippen molar-refractivity contribution >= 4 is 33.3 Å². The first-order valence-electron chi connectivity index (χ1n) is 19.8. The van der Waals surface area contributed by atoms with Gasteiger partial charge >= 0.3 is 0 Å². The SMILES string of the molecule is c1ccc(-c2ccc(-c3nc(-c4ccccc4)cc(-c4ccc5c(c4)-c4ccccc4C54c5ccc6ccccc6c5Sc5c4ccc4ccccc54)n3)cc2)cc1. The Morgan fingerprint density at radius 3 is 1.48 bits per heavy atom. The van der Waals surface area contributed by atoms with E-state index in [-0.39, 0.29) is 0 Å². The molecule has 0 saturated carbocycles. The molecule has 2 nitrogen and oxygen atoms in total. The van der Waals surface area contributed by atoms with Crippen LogP contribution in [0.3, 0.4) is 0 Å². The molecule has 0 N–H and O–H groups in total. The molecule has 0 atom stereocenters. The van der Waals surface area contributed by atoms with Crippen LogP contribution in [-0.2, 0) is 5.41 Å². The van der Waals surface area contributed by atoms with Crippen LogP contribution >= 0.6 is 11.8 Å². The van der Waals surface area contributed by atoms with Crippen LogP contribution < -0.4 is 0 Å². The smallest absolute Gasteiger partial charge is 0.160 e. The molecule has 3 heteroatoms. The number of nitrogens with zero attached hydrogens (tertiary/aromatic N) is 2. The maximum absolute atomic E-state index is 5.31. The molecule has 0 radical (unpaired) electrons. The molecule has 2 heterocycles. The predicted molar refractivity (Wildman–Crippen MR) is 240 cm³/mol. The summed E-state index contributed by atoms with van der Waals surface area (Å²) in [6.45, 7) is 0. The van der Waals surface area contributed by atoms with Crippen molar-refractivity contribution < 1.29 is 0 Å².